The summed E-state index contributed by atoms with van der Waals surface area (Å²) in [6.07, 6.45) is 3.20. The molecule has 0 spiro atoms. The van der Waals surface area contributed by atoms with Crippen LogP contribution in [0.4, 0.5) is 5.00 Å². The summed E-state index contributed by atoms with van der Waals surface area (Å²) in [6, 6.07) is 5.53. The summed E-state index contributed by atoms with van der Waals surface area (Å²) >= 11 is 2.87. The van der Waals surface area contributed by atoms with Gasteiger partial charge in [-0.2, -0.15) is 0 Å². The summed E-state index contributed by atoms with van der Waals surface area (Å²) in [5, 5.41) is 8.53. The molecular weight excluding hydrogens is 306 g/mol. The number of anilines is 1. The fourth-order valence-corrected chi connectivity index (χ4v) is 2.95. The third-order valence-electron chi connectivity index (χ3n) is 2.41. The van der Waals surface area contributed by atoms with Crippen molar-refractivity contribution >= 4 is 45.6 Å². The average molecular weight is 321 g/mol. The van der Waals surface area contributed by atoms with E-state index in [0.29, 0.717) is 10.6 Å². The Morgan fingerprint density at radius 3 is 2.67 bits per heavy atom. The molecule has 0 fully saturated rings. The number of rotatable bonds is 5. The van der Waals surface area contributed by atoms with Gasteiger partial charge in [-0.05, 0) is 29.0 Å². The van der Waals surface area contributed by atoms with Crippen molar-refractivity contribution < 1.29 is 9.59 Å². The first-order chi connectivity index (χ1) is 10.1. The van der Waals surface area contributed by atoms with Gasteiger partial charge in [0.25, 0.3) is 5.91 Å². The Bertz CT molecular complexity index is 645. The first-order valence-electron chi connectivity index (χ1n) is 6.14. The van der Waals surface area contributed by atoms with Gasteiger partial charge in [-0.15, -0.1) is 22.7 Å². The average Bonchev–Trinajstić information content (AvgIpc) is 3.06. The Hall–Kier alpha value is -1.96. The second-order valence-corrected chi connectivity index (χ2v) is 6.23. The van der Waals surface area contributed by atoms with Crippen LogP contribution in [0.2, 0.25) is 0 Å². The summed E-state index contributed by atoms with van der Waals surface area (Å²) in [7, 11) is 3.46. The number of carbonyl (C=O) groups excluding carboxylic acids is 2. The van der Waals surface area contributed by atoms with E-state index >= 15 is 0 Å². The fourth-order valence-electron chi connectivity index (χ4n) is 1.55. The third-order valence-corrected chi connectivity index (χ3v) is 4.08. The van der Waals surface area contributed by atoms with Crippen LogP contribution in [0.1, 0.15) is 15.2 Å². The highest BCUT2D eigenvalue weighted by Gasteiger charge is 2.14. The van der Waals surface area contributed by atoms with Crippen LogP contribution in [-0.4, -0.2) is 30.9 Å². The second kappa shape index (κ2) is 7.16. The van der Waals surface area contributed by atoms with Crippen molar-refractivity contribution in [1.82, 2.24) is 10.4 Å². The van der Waals surface area contributed by atoms with E-state index in [-0.39, 0.29) is 11.8 Å². The molecule has 0 aliphatic rings. The van der Waals surface area contributed by atoms with E-state index in [0.717, 1.165) is 4.88 Å². The van der Waals surface area contributed by atoms with Crippen LogP contribution in [0.15, 0.2) is 35.0 Å². The van der Waals surface area contributed by atoms with E-state index in [1.54, 1.807) is 48.0 Å². The Morgan fingerprint density at radius 2 is 2.00 bits per heavy atom. The van der Waals surface area contributed by atoms with Crippen molar-refractivity contribution in [1.29, 1.82) is 0 Å². The Morgan fingerprint density at radius 1 is 1.19 bits per heavy atom. The Kier molecular flexibility index (Phi) is 5.26. The minimum atomic E-state index is -0.259. The van der Waals surface area contributed by atoms with Gasteiger partial charge in [-0.1, -0.05) is 6.07 Å². The maximum atomic E-state index is 11.9. The molecule has 0 aliphatic heterocycles. The highest BCUT2D eigenvalue weighted by molar-refractivity contribution is 7.14. The van der Waals surface area contributed by atoms with Crippen molar-refractivity contribution in [2.24, 2.45) is 0 Å². The van der Waals surface area contributed by atoms with Crippen molar-refractivity contribution in [3.8, 4) is 0 Å². The summed E-state index contributed by atoms with van der Waals surface area (Å²) in [5.74, 6) is -0.511. The van der Waals surface area contributed by atoms with E-state index in [2.05, 4.69) is 10.7 Å². The zero-order chi connectivity index (χ0) is 15.2. The van der Waals surface area contributed by atoms with Crippen molar-refractivity contribution in [3.05, 3.63) is 45.5 Å². The first kappa shape index (κ1) is 15.4. The number of hydrogen-bond acceptors (Lipinski definition) is 5. The van der Waals surface area contributed by atoms with Crippen molar-refractivity contribution in [3.63, 3.8) is 0 Å². The van der Waals surface area contributed by atoms with E-state index in [4.69, 9.17) is 0 Å². The quantitative estimate of drug-likeness (QED) is 0.657. The van der Waals surface area contributed by atoms with Gasteiger partial charge in [-0.25, -0.2) is 5.01 Å². The minimum Gasteiger partial charge on any atom is -0.313 e. The molecule has 2 heterocycles. The summed E-state index contributed by atoms with van der Waals surface area (Å²) in [4.78, 5) is 24.8. The first-order valence-corrected chi connectivity index (χ1v) is 7.90. The number of carbonyl (C=O) groups is 2. The van der Waals surface area contributed by atoms with Crippen LogP contribution >= 0.6 is 22.7 Å². The third kappa shape index (κ3) is 4.52. The van der Waals surface area contributed by atoms with Gasteiger partial charge in [0, 0.05) is 25.0 Å². The molecule has 21 heavy (non-hydrogen) atoms. The highest BCUT2D eigenvalue weighted by atomic mass is 32.1. The number of hydrazine groups is 1. The molecule has 2 amide bonds. The van der Waals surface area contributed by atoms with Gasteiger partial charge in [0.1, 0.15) is 5.00 Å². The SMILES string of the molecule is CN(C)NC(=O)c1ccsc1NC(=O)/C=C/c1cccs1. The van der Waals surface area contributed by atoms with E-state index < -0.39 is 0 Å². The van der Waals surface area contributed by atoms with Gasteiger partial charge in [0.15, 0.2) is 0 Å². The summed E-state index contributed by atoms with van der Waals surface area (Å²) in [5.41, 5.74) is 3.10. The predicted octanol–water partition coefficient (Wildman–Crippen LogP) is 2.67. The number of nitrogens with zero attached hydrogens (tertiary/aromatic N) is 1. The van der Waals surface area contributed by atoms with Crippen molar-refractivity contribution in [2.75, 3.05) is 19.4 Å². The van der Waals surface area contributed by atoms with Crippen molar-refractivity contribution in [2.45, 2.75) is 0 Å². The number of thiophene rings is 2. The molecule has 2 N–H and O–H groups in total. The molecule has 0 saturated heterocycles. The topological polar surface area (TPSA) is 61.4 Å². The van der Waals surface area contributed by atoms with Gasteiger partial charge < -0.3 is 5.32 Å². The fraction of sp³-hybridized carbons (Fsp3) is 0.143. The van der Waals surface area contributed by atoms with Crippen LogP contribution in [0, 0.1) is 0 Å². The molecule has 110 valence electrons. The molecule has 2 aromatic heterocycles. The van der Waals surface area contributed by atoms with Gasteiger partial charge >= 0.3 is 0 Å². The second-order valence-electron chi connectivity index (χ2n) is 4.34. The van der Waals surface area contributed by atoms with Crippen LogP contribution in [0.25, 0.3) is 6.08 Å². The van der Waals surface area contributed by atoms with E-state index in [1.165, 1.54) is 17.4 Å². The molecule has 7 heteroatoms. The molecule has 0 aliphatic carbocycles. The molecular formula is C14H15N3O2S2. The number of amides is 2. The summed E-state index contributed by atoms with van der Waals surface area (Å²) < 4.78 is 0. The monoisotopic (exact) mass is 321 g/mol. The lowest BCUT2D eigenvalue weighted by molar-refractivity contribution is -0.111. The molecule has 2 aromatic rings. The molecule has 0 aromatic carbocycles. The normalized spacial score (nSPS) is 11.0. The lowest BCUT2D eigenvalue weighted by Gasteiger charge is -2.12. The number of nitrogens with one attached hydrogen (secondary N) is 2. The minimum absolute atomic E-state index is 0.251. The molecule has 0 unspecified atom stereocenters. The zero-order valence-corrected chi connectivity index (χ0v) is 13.3. The zero-order valence-electron chi connectivity index (χ0n) is 11.6. The molecule has 0 saturated carbocycles. The molecule has 0 atom stereocenters. The lowest BCUT2D eigenvalue weighted by Crippen LogP contribution is -2.36. The van der Waals surface area contributed by atoms with Gasteiger partial charge in [0.05, 0.1) is 5.56 Å². The number of hydrogen-bond donors (Lipinski definition) is 2. The van der Waals surface area contributed by atoms with Crippen LogP contribution in [0.5, 0.6) is 0 Å². The lowest BCUT2D eigenvalue weighted by atomic mass is 10.3. The largest absolute Gasteiger partial charge is 0.313 e. The Balaban J connectivity index is 2.01. The van der Waals surface area contributed by atoms with E-state index in [9.17, 15) is 9.59 Å². The molecule has 0 bridgehead atoms. The standard InChI is InChI=1S/C14H15N3O2S2/c1-17(2)16-13(19)11-7-9-21-14(11)15-12(18)6-5-10-4-3-8-20-10/h3-9H,1-2H3,(H,15,18)(H,16,19)/b6-5+. The summed E-state index contributed by atoms with van der Waals surface area (Å²) in [6.45, 7) is 0. The van der Waals surface area contributed by atoms with Crippen LogP contribution < -0.4 is 10.7 Å². The van der Waals surface area contributed by atoms with Crippen LogP contribution in [0.3, 0.4) is 0 Å². The van der Waals surface area contributed by atoms with Gasteiger partial charge in [-0.3, -0.25) is 15.0 Å². The molecule has 0 radical (unpaired) electrons. The molecule has 5 nitrogen and oxygen atoms in total. The predicted molar refractivity (Wildman–Crippen MR) is 87.5 cm³/mol. The van der Waals surface area contributed by atoms with Crippen LogP contribution in [-0.2, 0) is 4.79 Å². The smallest absolute Gasteiger partial charge is 0.268 e. The van der Waals surface area contributed by atoms with Gasteiger partial charge in [0.2, 0.25) is 5.91 Å². The maximum Gasteiger partial charge on any atom is 0.268 e. The molecule has 2 rings (SSSR count). The van der Waals surface area contributed by atoms with E-state index in [1.807, 2.05) is 17.5 Å². The maximum absolute atomic E-state index is 11.9. The highest BCUT2D eigenvalue weighted by Crippen LogP contribution is 2.23. The Labute approximate surface area is 130 Å².